The van der Waals surface area contributed by atoms with E-state index in [1.807, 2.05) is 0 Å². The van der Waals surface area contributed by atoms with E-state index in [-0.39, 0.29) is 11.8 Å². The van der Waals surface area contributed by atoms with Crippen LogP contribution in [0, 0.1) is 18.8 Å². The first-order chi connectivity index (χ1) is 9.58. The van der Waals surface area contributed by atoms with Gasteiger partial charge in [-0.05, 0) is 43.7 Å². The van der Waals surface area contributed by atoms with Crippen LogP contribution in [-0.4, -0.2) is 36.6 Å². The molecule has 1 aromatic carbocycles. The summed E-state index contributed by atoms with van der Waals surface area (Å²) in [5.74, 6) is -0.259. The highest BCUT2D eigenvalue weighted by molar-refractivity contribution is 5.98. The van der Waals surface area contributed by atoms with Crippen molar-refractivity contribution >= 4 is 17.6 Å². The minimum Gasteiger partial charge on any atom is -0.478 e. The van der Waals surface area contributed by atoms with E-state index in [4.69, 9.17) is 5.11 Å². The second kappa shape index (κ2) is 4.90. The average Bonchev–Trinajstić information content (AvgIpc) is 2.76. The molecule has 2 N–H and O–H groups in total. The van der Waals surface area contributed by atoms with E-state index in [0.29, 0.717) is 17.0 Å². The third kappa shape index (κ3) is 2.08. The number of hydrogen-bond acceptors (Lipinski definition) is 3. The Kier molecular flexibility index (Phi) is 3.22. The Hall–Kier alpha value is -1.88. The van der Waals surface area contributed by atoms with E-state index in [0.717, 1.165) is 31.7 Å². The van der Waals surface area contributed by atoms with Gasteiger partial charge in [0.05, 0.1) is 5.56 Å². The summed E-state index contributed by atoms with van der Waals surface area (Å²) in [6.07, 6.45) is 0.895. The van der Waals surface area contributed by atoms with Crippen molar-refractivity contribution in [2.45, 2.75) is 13.3 Å². The summed E-state index contributed by atoms with van der Waals surface area (Å²) in [7, 11) is 0. The molecule has 2 fully saturated rings. The first-order valence-corrected chi connectivity index (χ1v) is 6.94. The van der Waals surface area contributed by atoms with Crippen molar-refractivity contribution in [2.75, 3.05) is 24.5 Å². The van der Waals surface area contributed by atoms with Gasteiger partial charge in [-0.3, -0.25) is 4.79 Å². The van der Waals surface area contributed by atoms with E-state index < -0.39 is 5.97 Å². The van der Waals surface area contributed by atoms with Gasteiger partial charge in [0.25, 0.3) is 0 Å². The maximum absolute atomic E-state index is 12.5. The molecular formula is C15H18N2O3. The maximum Gasteiger partial charge on any atom is 0.335 e. The first kappa shape index (κ1) is 13.1. The van der Waals surface area contributed by atoms with Crippen LogP contribution in [0.1, 0.15) is 22.3 Å². The standard InChI is InChI=1S/C15H18N2O3/c1-9-6-11(2-3-12(9)15(19)20)17-8-10-7-16-5-4-13(10)14(17)18/h2-3,6,10,13,16H,4-5,7-8H2,1H3,(H,19,20). The number of piperidine rings is 1. The predicted molar refractivity (Wildman–Crippen MR) is 75.0 cm³/mol. The van der Waals surface area contributed by atoms with Crippen molar-refractivity contribution < 1.29 is 14.7 Å². The number of carboxylic acid groups (broad SMARTS) is 1. The van der Waals surface area contributed by atoms with Gasteiger partial charge in [0.15, 0.2) is 0 Å². The summed E-state index contributed by atoms with van der Waals surface area (Å²) in [5, 5.41) is 12.4. The molecule has 5 nitrogen and oxygen atoms in total. The zero-order chi connectivity index (χ0) is 14.3. The molecule has 2 unspecified atom stereocenters. The van der Waals surface area contributed by atoms with Crippen LogP contribution in [0.2, 0.25) is 0 Å². The number of aryl methyl sites for hydroxylation is 1. The topological polar surface area (TPSA) is 69.6 Å². The lowest BCUT2D eigenvalue weighted by molar-refractivity contribution is -0.121. The molecule has 1 aromatic rings. The Labute approximate surface area is 117 Å². The lowest BCUT2D eigenvalue weighted by Gasteiger charge is -2.22. The number of carboxylic acids is 1. The SMILES string of the molecule is Cc1cc(N2CC3CNCCC3C2=O)ccc1C(=O)O. The highest BCUT2D eigenvalue weighted by Gasteiger charge is 2.41. The van der Waals surface area contributed by atoms with Crippen molar-refractivity contribution in [1.29, 1.82) is 0 Å². The molecule has 0 radical (unpaired) electrons. The minimum atomic E-state index is -0.931. The second-order valence-electron chi connectivity index (χ2n) is 5.61. The lowest BCUT2D eigenvalue weighted by atomic mass is 9.89. The van der Waals surface area contributed by atoms with Crippen LogP contribution in [0.25, 0.3) is 0 Å². The fourth-order valence-corrected chi connectivity index (χ4v) is 3.25. The third-order valence-corrected chi connectivity index (χ3v) is 4.36. The molecule has 2 aliphatic rings. The number of rotatable bonds is 2. The first-order valence-electron chi connectivity index (χ1n) is 6.94. The molecule has 2 aliphatic heterocycles. The minimum absolute atomic E-state index is 0.121. The number of fused-ring (bicyclic) bond motifs is 1. The quantitative estimate of drug-likeness (QED) is 0.852. The van der Waals surface area contributed by atoms with Crippen LogP contribution < -0.4 is 10.2 Å². The van der Waals surface area contributed by atoms with Gasteiger partial charge in [0.2, 0.25) is 5.91 Å². The van der Waals surface area contributed by atoms with Crippen LogP contribution in [-0.2, 0) is 4.79 Å². The van der Waals surface area contributed by atoms with Crippen molar-refractivity contribution in [2.24, 2.45) is 11.8 Å². The monoisotopic (exact) mass is 274 g/mol. The fraction of sp³-hybridized carbons (Fsp3) is 0.467. The van der Waals surface area contributed by atoms with Crippen LogP contribution in [0.4, 0.5) is 5.69 Å². The van der Waals surface area contributed by atoms with Gasteiger partial charge in [-0.15, -0.1) is 0 Å². The summed E-state index contributed by atoms with van der Waals surface area (Å²) >= 11 is 0. The highest BCUT2D eigenvalue weighted by Crippen LogP contribution is 2.33. The van der Waals surface area contributed by atoms with Crippen LogP contribution in [0.15, 0.2) is 18.2 Å². The van der Waals surface area contributed by atoms with Crippen molar-refractivity contribution in [3.05, 3.63) is 29.3 Å². The molecule has 3 rings (SSSR count). The number of nitrogens with one attached hydrogen (secondary N) is 1. The lowest BCUT2D eigenvalue weighted by Crippen LogP contribution is -2.36. The Morgan fingerprint density at radius 1 is 1.45 bits per heavy atom. The number of amides is 1. The number of carbonyl (C=O) groups excluding carboxylic acids is 1. The summed E-state index contributed by atoms with van der Waals surface area (Å²) in [4.78, 5) is 25.3. The molecule has 0 saturated carbocycles. The van der Waals surface area contributed by atoms with Crippen molar-refractivity contribution in [1.82, 2.24) is 5.32 Å². The van der Waals surface area contributed by atoms with E-state index in [9.17, 15) is 9.59 Å². The third-order valence-electron chi connectivity index (χ3n) is 4.36. The molecule has 20 heavy (non-hydrogen) atoms. The normalized spacial score (nSPS) is 25.6. The van der Waals surface area contributed by atoms with Gasteiger partial charge in [-0.1, -0.05) is 0 Å². The zero-order valence-corrected chi connectivity index (χ0v) is 11.4. The molecule has 106 valence electrons. The smallest absolute Gasteiger partial charge is 0.335 e. The molecule has 2 atom stereocenters. The zero-order valence-electron chi connectivity index (χ0n) is 11.4. The average molecular weight is 274 g/mol. The van der Waals surface area contributed by atoms with Gasteiger partial charge in [-0.2, -0.15) is 0 Å². The summed E-state index contributed by atoms with van der Waals surface area (Å²) in [6, 6.07) is 5.12. The number of aromatic carboxylic acids is 1. The Morgan fingerprint density at radius 3 is 2.90 bits per heavy atom. The molecule has 2 heterocycles. The Bertz CT molecular complexity index is 570. The number of hydrogen-bond donors (Lipinski definition) is 2. The van der Waals surface area contributed by atoms with Gasteiger partial charge < -0.3 is 15.3 Å². The number of nitrogens with zero attached hydrogens (tertiary/aromatic N) is 1. The van der Waals surface area contributed by atoms with Crippen molar-refractivity contribution in [3.63, 3.8) is 0 Å². The molecular weight excluding hydrogens is 256 g/mol. The number of carbonyl (C=O) groups is 2. The molecule has 0 aliphatic carbocycles. The number of benzene rings is 1. The van der Waals surface area contributed by atoms with Gasteiger partial charge in [0, 0.05) is 30.6 Å². The molecule has 0 aromatic heterocycles. The van der Waals surface area contributed by atoms with Crippen LogP contribution >= 0.6 is 0 Å². The molecule has 2 saturated heterocycles. The number of anilines is 1. The van der Waals surface area contributed by atoms with Crippen LogP contribution in [0.5, 0.6) is 0 Å². The molecule has 0 bridgehead atoms. The summed E-state index contributed by atoms with van der Waals surface area (Å²) < 4.78 is 0. The van der Waals surface area contributed by atoms with Gasteiger partial charge in [-0.25, -0.2) is 4.79 Å². The summed E-state index contributed by atoms with van der Waals surface area (Å²) in [5.41, 5.74) is 1.79. The molecule has 5 heteroatoms. The van der Waals surface area contributed by atoms with Gasteiger partial charge >= 0.3 is 5.97 Å². The predicted octanol–water partition coefficient (Wildman–Crippen LogP) is 1.27. The van der Waals surface area contributed by atoms with E-state index in [1.165, 1.54) is 0 Å². The van der Waals surface area contributed by atoms with Crippen LogP contribution in [0.3, 0.4) is 0 Å². The van der Waals surface area contributed by atoms with Crippen molar-refractivity contribution in [3.8, 4) is 0 Å². The van der Waals surface area contributed by atoms with E-state index in [2.05, 4.69) is 5.32 Å². The molecule has 0 spiro atoms. The van der Waals surface area contributed by atoms with E-state index in [1.54, 1.807) is 30.0 Å². The largest absolute Gasteiger partial charge is 0.478 e. The van der Waals surface area contributed by atoms with E-state index >= 15 is 0 Å². The molecule has 1 amide bonds. The fourth-order valence-electron chi connectivity index (χ4n) is 3.25. The van der Waals surface area contributed by atoms with Gasteiger partial charge in [0.1, 0.15) is 0 Å². The Balaban J connectivity index is 1.88. The summed E-state index contributed by atoms with van der Waals surface area (Å²) in [6.45, 7) is 4.28. The second-order valence-corrected chi connectivity index (χ2v) is 5.61. The Morgan fingerprint density at radius 2 is 2.25 bits per heavy atom. The maximum atomic E-state index is 12.5. The highest BCUT2D eigenvalue weighted by atomic mass is 16.4.